The van der Waals surface area contributed by atoms with Gasteiger partial charge < -0.3 is 14.3 Å². The van der Waals surface area contributed by atoms with Gasteiger partial charge in [0.25, 0.3) is 0 Å². The number of ether oxygens (including phenoxy) is 2. The Bertz CT molecular complexity index is 1120. The fraction of sp³-hybridized carbons (Fsp3) is 0.263. The standard InChI is InChI=1S/C19H19N5O4/c1-12-6-4-8-16(24-19(25)23(3)21-22-24)15(12)10-28-20-13(2)14-7-5-9-17-18(14)27-11-26-17/h4-9H,10-11H2,1-3H3. The number of fused-ring (bicyclic) bond motifs is 1. The number of para-hydroxylation sites is 1. The summed E-state index contributed by atoms with van der Waals surface area (Å²) in [5.74, 6) is 1.35. The topological polar surface area (TPSA) is 92.8 Å². The van der Waals surface area contributed by atoms with Gasteiger partial charge in [0.15, 0.2) is 11.5 Å². The molecule has 0 unspecified atom stereocenters. The van der Waals surface area contributed by atoms with Gasteiger partial charge >= 0.3 is 5.69 Å². The van der Waals surface area contributed by atoms with Crippen molar-refractivity contribution in [1.29, 1.82) is 0 Å². The first-order valence-electron chi connectivity index (χ1n) is 8.69. The predicted octanol–water partition coefficient (Wildman–Crippen LogP) is 1.94. The molecule has 4 rings (SSSR count). The smallest absolute Gasteiger partial charge is 0.368 e. The Labute approximate surface area is 160 Å². The summed E-state index contributed by atoms with van der Waals surface area (Å²) in [5.41, 5.74) is 3.52. The van der Waals surface area contributed by atoms with Crippen molar-refractivity contribution in [2.45, 2.75) is 20.5 Å². The van der Waals surface area contributed by atoms with Gasteiger partial charge in [-0.05, 0) is 48.0 Å². The third-order valence-electron chi connectivity index (χ3n) is 4.53. The summed E-state index contributed by atoms with van der Waals surface area (Å²) in [4.78, 5) is 17.8. The van der Waals surface area contributed by atoms with E-state index in [1.807, 2.05) is 44.2 Å². The minimum Gasteiger partial charge on any atom is -0.454 e. The number of hydrogen-bond acceptors (Lipinski definition) is 7. The lowest BCUT2D eigenvalue weighted by atomic mass is 10.1. The molecule has 0 amide bonds. The Morgan fingerprint density at radius 2 is 2.04 bits per heavy atom. The Balaban J connectivity index is 1.59. The van der Waals surface area contributed by atoms with Crippen molar-refractivity contribution in [3.05, 3.63) is 63.6 Å². The zero-order valence-electron chi connectivity index (χ0n) is 15.7. The first-order chi connectivity index (χ1) is 13.6. The zero-order chi connectivity index (χ0) is 19.7. The van der Waals surface area contributed by atoms with Crippen LogP contribution < -0.4 is 15.2 Å². The highest BCUT2D eigenvalue weighted by Crippen LogP contribution is 2.35. The SMILES string of the molecule is CC(=NOCc1c(C)cccc1-n1nnn(C)c1=O)c1cccc2c1OCO2. The first-order valence-corrected chi connectivity index (χ1v) is 8.69. The summed E-state index contributed by atoms with van der Waals surface area (Å²) < 4.78 is 13.3. The molecule has 0 atom stereocenters. The highest BCUT2D eigenvalue weighted by Gasteiger charge is 2.19. The number of hydrogen-bond donors (Lipinski definition) is 0. The quantitative estimate of drug-likeness (QED) is 0.495. The Morgan fingerprint density at radius 1 is 1.21 bits per heavy atom. The van der Waals surface area contributed by atoms with Crippen molar-refractivity contribution in [1.82, 2.24) is 19.8 Å². The van der Waals surface area contributed by atoms with Gasteiger partial charge in [-0.3, -0.25) is 0 Å². The van der Waals surface area contributed by atoms with Crippen LogP contribution in [0.5, 0.6) is 11.5 Å². The van der Waals surface area contributed by atoms with Gasteiger partial charge in [0.05, 0.1) is 11.4 Å². The largest absolute Gasteiger partial charge is 0.454 e. The molecule has 0 saturated heterocycles. The molecule has 1 aliphatic heterocycles. The molecule has 0 N–H and O–H groups in total. The molecule has 144 valence electrons. The van der Waals surface area contributed by atoms with E-state index >= 15 is 0 Å². The molecular weight excluding hydrogens is 362 g/mol. The molecule has 0 aliphatic carbocycles. The fourth-order valence-corrected chi connectivity index (χ4v) is 3.00. The third-order valence-corrected chi connectivity index (χ3v) is 4.53. The molecular formula is C19H19N5O4. The van der Waals surface area contributed by atoms with Crippen LogP contribution in [0.4, 0.5) is 0 Å². The average molecular weight is 381 g/mol. The van der Waals surface area contributed by atoms with E-state index in [1.165, 1.54) is 9.36 Å². The second-order valence-electron chi connectivity index (χ2n) is 6.36. The van der Waals surface area contributed by atoms with Crippen LogP contribution in [0.1, 0.15) is 23.6 Å². The summed E-state index contributed by atoms with van der Waals surface area (Å²) in [5, 5.41) is 11.9. The van der Waals surface area contributed by atoms with Crippen molar-refractivity contribution in [2.75, 3.05) is 6.79 Å². The average Bonchev–Trinajstić information content (AvgIpc) is 3.30. The van der Waals surface area contributed by atoms with E-state index in [9.17, 15) is 4.79 Å². The van der Waals surface area contributed by atoms with Gasteiger partial charge in [-0.1, -0.05) is 23.4 Å². The van der Waals surface area contributed by atoms with Crippen LogP contribution in [-0.4, -0.2) is 32.3 Å². The predicted molar refractivity (Wildman–Crippen MR) is 101 cm³/mol. The summed E-state index contributed by atoms with van der Waals surface area (Å²) >= 11 is 0. The maximum absolute atomic E-state index is 12.2. The fourth-order valence-electron chi connectivity index (χ4n) is 3.00. The molecule has 0 spiro atoms. The van der Waals surface area contributed by atoms with Crippen molar-refractivity contribution >= 4 is 5.71 Å². The van der Waals surface area contributed by atoms with Crippen LogP contribution in [0.3, 0.4) is 0 Å². The van der Waals surface area contributed by atoms with Crippen molar-refractivity contribution < 1.29 is 14.3 Å². The second-order valence-corrected chi connectivity index (χ2v) is 6.36. The van der Waals surface area contributed by atoms with Crippen LogP contribution in [-0.2, 0) is 18.5 Å². The highest BCUT2D eigenvalue weighted by atomic mass is 16.7. The maximum Gasteiger partial charge on any atom is 0.368 e. The van der Waals surface area contributed by atoms with Crippen LogP contribution in [0.2, 0.25) is 0 Å². The van der Waals surface area contributed by atoms with Crippen LogP contribution in [0, 0.1) is 6.92 Å². The van der Waals surface area contributed by atoms with E-state index in [0.717, 1.165) is 16.7 Å². The van der Waals surface area contributed by atoms with Crippen molar-refractivity contribution in [3.8, 4) is 17.2 Å². The van der Waals surface area contributed by atoms with Gasteiger partial charge in [0.1, 0.15) is 6.61 Å². The van der Waals surface area contributed by atoms with Crippen LogP contribution in [0.15, 0.2) is 46.3 Å². The molecule has 3 aromatic rings. The third kappa shape index (κ3) is 3.11. The van der Waals surface area contributed by atoms with Crippen LogP contribution >= 0.6 is 0 Å². The Kier molecular flexibility index (Phi) is 4.56. The summed E-state index contributed by atoms with van der Waals surface area (Å²) in [6, 6.07) is 11.2. The minimum atomic E-state index is -0.330. The Hall–Kier alpha value is -3.62. The lowest BCUT2D eigenvalue weighted by Gasteiger charge is -2.11. The number of nitrogens with zero attached hydrogens (tertiary/aromatic N) is 5. The normalized spacial score (nSPS) is 13.0. The molecule has 0 saturated carbocycles. The molecule has 0 radical (unpaired) electrons. The molecule has 2 heterocycles. The molecule has 0 bridgehead atoms. The van der Waals surface area contributed by atoms with E-state index < -0.39 is 0 Å². The van der Waals surface area contributed by atoms with Crippen molar-refractivity contribution in [2.24, 2.45) is 12.2 Å². The Morgan fingerprint density at radius 3 is 2.82 bits per heavy atom. The zero-order valence-corrected chi connectivity index (χ0v) is 15.7. The molecule has 28 heavy (non-hydrogen) atoms. The van der Waals surface area contributed by atoms with Gasteiger partial charge in [0, 0.05) is 18.2 Å². The molecule has 1 aromatic heterocycles. The van der Waals surface area contributed by atoms with E-state index in [4.69, 9.17) is 14.3 Å². The molecule has 1 aliphatic rings. The first kappa shape index (κ1) is 17.8. The van der Waals surface area contributed by atoms with Gasteiger partial charge in [-0.15, -0.1) is 0 Å². The number of aromatic nitrogens is 4. The number of rotatable bonds is 5. The monoisotopic (exact) mass is 381 g/mol. The van der Waals surface area contributed by atoms with E-state index in [2.05, 4.69) is 15.6 Å². The summed E-state index contributed by atoms with van der Waals surface area (Å²) in [7, 11) is 1.55. The summed E-state index contributed by atoms with van der Waals surface area (Å²) in [6.07, 6.45) is 0. The van der Waals surface area contributed by atoms with Gasteiger partial charge in [-0.25, -0.2) is 4.79 Å². The van der Waals surface area contributed by atoms with Crippen LogP contribution in [0.25, 0.3) is 5.69 Å². The molecule has 2 aromatic carbocycles. The van der Waals surface area contributed by atoms with Crippen molar-refractivity contribution in [3.63, 3.8) is 0 Å². The molecule has 9 nitrogen and oxygen atoms in total. The minimum absolute atomic E-state index is 0.175. The number of oxime groups is 1. The van der Waals surface area contributed by atoms with E-state index in [-0.39, 0.29) is 19.1 Å². The van der Waals surface area contributed by atoms with E-state index in [1.54, 1.807) is 13.1 Å². The molecule has 0 fully saturated rings. The number of benzene rings is 2. The molecule has 9 heteroatoms. The van der Waals surface area contributed by atoms with Gasteiger partial charge in [-0.2, -0.15) is 9.36 Å². The second kappa shape index (κ2) is 7.18. The van der Waals surface area contributed by atoms with Gasteiger partial charge in [0.2, 0.25) is 6.79 Å². The number of tetrazole rings is 1. The number of aryl methyl sites for hydroxylation is 2. The highest BCUT2D eigenvalue weighted by molar-refractivity contribution is 6.01. The lowest BCUT2D eigenvalue weighted by Crippen LogP contribution is -2.23. The lowest BCUT2D eigenvalue weighted by molar-refractivity contribution is 0.130. The van der Waals surface area contributed by atoms with E-state index in [0.29, 0.717) is 22.9 Å². The summed E-state index contributed by atoms with van der Waals surface area (Å²) in [6.45, 7) is 4.15. The maximum atomic E-state index is 12.2.